The van der Waals surface area contributed by atoms with Gasteiger partial charge in [0.05, 0.1) is 12.1 Å². The third-order valence-electron chi connectivity index (χ3n) is 3.25. The molecule has 3 atom stereocenters. The molecule has 18 heavy (non-hydrogen) atoms. The average Bonchev–Trinajstić information content (AvgIpc) is 2.36. The highest BCUT2D eigenvalue weighted by molar-refractivity contribution is 5.93. The maximum Gasteiger partial charge on any atom is 0.248 e. The zero-order valence-corrected chi connectivity index (χ0v) is 10.4. The van der Waals surface area contributed by atoms with E-state index in [1.807, 2.05) is 19.1 Å². The van der Waals surface area contributed by atoms with Crippen molar-refractivity contribution in [1.29, 1.82) is 0 Å². The molecule has 3 unspecified atom stereocenters. The Morgan fingerprint density at radius 2 is 2.11 bits per heavy atom. The first-order valence-electron chi connectivity index (χ1n) is 6.15. The molecule has 0 saturated heterocycles. The van der Waals surface area contributed by atoms with Crippen LogP contribution in [0.25, 0.3) is 0 Å². The van der Waals surface area contributed by atoms with Gasteiger partial charge in [-0.1, -0.05) is 0 Å². The SMILES string of the molecule is CCOC1CC(N)C1Nc1ccc(C(N)=O)cc1. The number of amides is 1. The molecular weight excluding hydrogens is 230 g/mol. The number of carbonyl (C=O) groups excluding carboxylic acids is 1. The van der Waals surface area contributed by atoms with Gasteiger partial charge in [0.2, 0.25) is 5.91 Å². The number of hydrogen-bond acceptors (Lipinski definition) is 4. The Kier molecular flexibility index (Phi) is 3.84. The summed E-state index contributed by atoms with van der Waals surface area (Å²) >= 11 is 0. The number of benzene rings is 1. The highest BCUT2D eigenvalue weighted by atomic mass is 16.5. The fourth-order valence-electron chi connectivity index (χ4n) is 2.15. The lowest BCUT2D eigenvalue weighted by Gasteiger charge is -2.43. The summed E-state index contributed by atoms with van der Waals surface area (Å²) in [6.07, 6.45) is 1.05. The lowest BCUT2D eigenvalue weighted by molar-refractivity contribution is -0.0126. The average molecular weight is 249 g/mol. The van der Waals surface area contributed by atoms with Crippen LogP contribution in [0, 0.1) is 0 Å². The highest BCUT2D eigenvalue weighted by Crippen LogP contribution is 2.26. The van der Waals surface area contributed by atoms with Crippen LogP contribution in [0.15, 0.2) is 24.3 Å². The van der Waals surface area contributed by atoms with Crippen molar-refractivity contribution in [3.05, 3.63) is 29.8 Å². The summed E-state index contributed by atoms with van der Waals surface area (Å²) in [5.41, 5.74) is 12.6. The molecule has 1 aliphatic carbocycles. The van der Waals surface area contributed by atoms with Crippen LogP contribution in [0.3, 0.4) is 0 Å². The van der Waals surface area contributed by atoms with Crippen molar-refractivity contribution in [3.63, 3.8) is 0 Å². The van der Waals surface area contributed by atoms with Crippen LogP contribution >= 0.6 is 0 Å². The van der Waals surface area contributed by atoms with Gasteiger partial charge in [0.25, 0.3) is 0 Å². The Morgan fingerprint density at radius 3 is 2.61 bits per heavy atom. The Bertz CT molecular complexity index is 417. The predicted octanol–water partition coefficient (Wildman–Crippen LogP) is 0.702. The molecule has 0 heterocycles. The molecule has 0 radical (unpaired) electrons. The second-order valence-corrected chi connectivity index (χ2v) is 4.51. The minimum atomic E-state index is -0.422. The molecule has 0 aliphatic heterocycles. The largest absolute Gasteiger partial charge is 0.378 e. The van der Waals surface area contributed by atoms with Crippen LogP contribution < -0.4 is 16.8 Å². The Morgan fingerprint density at radius 1 is 1.44 bits per heavy atom. The Hall–Kier alpha value is -1.59. The van der Waals surface area contributed by atoms with Crippen molar-refractivity contribution in [3.8, 4) is 0 Å². The van der Waals surface area contributed by atoms with Crippen molar-refractivity contribution < 1.29 is 9.53 Å². The van der Waals surface area contributed by atoms with E-state index in [1.54, 1.807) is 12.1 Å². The van der Waals surface area contributed by atoms with E-state index in [9.17, 15) is 4.79 Å². The van der Waals surface area contributed by atoms with E-state index in [2.05, 4.69) is 5.32 Å². The van der Waals surface area contributed by atoms with Crippen LogP contribution in [-0.4, -0.2) is 30.7 Å². The molecule has 5 nitrogen and oxygen atoms in total. The first-order chi connectivity index (χ1) is 8.61. The predicted molar refractivity (Wildman–Crippen MR) is 70.4 cm³/mol. The summed E-state index contributed by atoms with van der Waals surface area (Å²) in [4.78, 5) is 11.0. The maximum atomic E-state index is 11.0. The van der Waals surface area contributed by atoms with Crippen molar-refractivity contribution in [2.45, 2.75) is 31.5 Å². The molecule has 1 amide bonds. The number of hydrogen-bond donors (Lipinski definition) is 3. The molecule has 98 valence electrons. The standard InChI is InChI=1S/C13H19N3O2/c1-2-18-11-7-10(14)12(11)16-9-5-3-8(4-6-9)13(15)17/h3-6,10-12,16H,2,7,14H2,1H3,(H2,15,17). The van der Waals surface area contributed by atoms with Crippen LogP contribution in [0.2, 0.25) is 0 Å². The summed E-state index contributed by atoms with van der Waals surface area (Å²) in [5, 5.41) is 3.33. The van der Waals surface area contributed by atoms with Gasteiger partial charge in [-0.15, -0.1) is 0 Å². The van der Waals surface area contributed by atoms with E-state index in [0.29, 0.717) is 12.2 Å². The molecule has 1 aromatic carbocycles. The van der Waals surface area contributed by atoms with E-state index in [0.717, 1.165) is 12.1 Å². The number of ether oxygens (including phenoxy) is 1. The quantitative estimate of drug-likeness (QED) is 0.716. The van der Waals surface area contributed by atoms with Gasteiger partial charge in [-0.2, -0.15) is 0 Å². The topological polar surface area (TPSA) is 90.4 Å². The number of rotatable bonds is 5. The van der Waals surface area contributed by atoms with Crippen molar-refractivity contribution in [1.82, 2.24) is 0 Å². The minimum Gasteiger partial charge on any atom is -0.378 e. The van der Waals surface area contributed by atoms with Crippen LogP contribution in [0.4, 0.5) is 5.69 Å². The molecule has 2 rings (SSSR count). The summed E-state index contributed by atoms with van der Waals surface area (Å²) in [6, 6.07) is 7.29. The van der Waals surface area contributed by atoms with Gasteiger partial charge in [-0.25, -0.2) is 0 Å². The number of anilines is 1. The molecule has 1 aliphatic rings. The van der Waals surface area contributed by atoms with Gasteiger partial charge < -0.3 is 21.5 Å². The molecule has 5 N–H and O–H groups in total. The van der Waals surface area contributed by atoms with E-state index in [-0.39, 0.29) is 18.2 Å². The van der Waals surface area contributed by atoms with E-state index < -0.39 is 5.91 Å². The van der Waals surface area contributed by atoms with Gasteiger partial charge in [0.1, 0.15) is 0 Å². The second kappa shape index (κ2) is 5.37. The molecule has 5 heteroatoms. The van der Waals surface area contributed by atoms with Crippen LogP contribution in [-0.2, 0) is 4.74 Å². The zero-order valence-electron chi connectivity index (χ0n) is 10.4. The van der Waals surface area contributed by atoms with Crippen LogP contribution in [0.5, 0.6) is 0 Å². The van der Waals surface area contributed by atoms with E-state index in [4.69, 9.17) is 16.2 Å². The van der Waals surface area contributed by atoms with Gasteiger partial charge in [-0.3, -0.25) is 4.79 Å². The van der Waals surface area contributed by atoms with Crippen molar-refractivity contribution >= 4 is 11.6 Å². The smallest absolute Gasteiger partial charge is 0.248 e. The fraction of sp³-hybridized carbons (Fsp3) is 0.462. The molecule has 0 aromatic heterocycles. The lowest BCUT2D eigenvalue weighted by Crippen LogP contribution is -2.60. The molecule has 0 spiro atoms. The minimum absolute atomic E-state index is 0.109. The molecule has 1 aromatic rings. The fourth-order valence-corrected chi connectivity index (χ4v) is 2.15. The van der Waals surface area contributed by atoms with Crippen molar-refractivity contribution in [2.24, 2.45) is 11.5 Å². The third-order valence-corrected chi connectivity index (χ3v) is 3.25. The number of primary amides is 1. The van der Waals surface area contributed by atoms with Gasteiger partial charge in [0.15, 0.2) is 0 Å². The van der Waals surface area contributed by atoms with Gasteiger partial charge in [0, 0.05) is 23.9 Å². The summed E-state index contributed by atoms with van der Waals surface area (Å²) in [7, 11) is 0. The van der Waals surface area contributed by atoms with Gasteiger partial charge in [-0.05, 0) is 37.6 Å². The number of nitrogens with one attached hydrogen (secondary N) is 1. The first kappa shape index (κ1) is 12.9. The molecular formula is C13H19N3O2. The van der Waals surface area contributed by atoms with Crippen molar-refractivity contribution in [2.75, 3.05) is 11.9 Å². The van der Waals surface area contributed by atoms with Crippen LogP contribution in [0.1, 0.15) is 23.7 Å². The van der Waals surface area contributed by atoms with E-state index >= 15 is 0 Å². The number of carbonyl (C=O) groups is 1. The normalized spacial score (nSPS) is 26.4. The third kappa shape index (κ3) is 2.63. The Labute approximate surface area is 106 Å². The summed E-state index contributed by atoms with van der Waals surface area (Å²) in [5.74, 6) is -0.422. The highest BCUT2D eigenvalue weighted by Gasteiger charge is 2.39. The number of nitrogens with two attached hydrogens (primary N) is 2. The molecule has 1 fully saturated rings. The first-order valence-corrected chi connectivity index (χ1v) is 6.15. The lowest BCUT2D eigenvalue weighted by atomic mass is 9.83. The second-order valence-electron chi connectivity index (χ2n) is 4.51. The maximum absolute atomic E-state index is 11.0. The Balaban J connectivity index is 1.98. The monoisotopic (exact) mass is 249 g/mol. The van der Waals surface area contributed by atoms with Gasteiger partial charge >= 0.3 is 0 Å². The van der Waals surface area contributed by atoms with E-state index in [1.165, 1.54) is 0 Å². The zero-order chi connectivity index (χ0) is 13.1. The summed E-state index contributed by atoms with van der Waals surface area (Å²) in [6.45, 7) is 2.67. The molecule has 0 bridgehead atoms. The molecule has 1 saturated carbocycles. The summed E-state index contributed by atoms with van der Waals surface area (Å²) < 4.78 is 5.58.